The molecule has 0 bridgehead atoms. The van der Waals surface area contributed by atoms with E-state index in [2.05, 4.69) is 47.9 Å². The fourth-order valence-corrected chi connectivity index (χ4v) is 2.63. The minimum absolute atomic E-state index is 0.719. The molecule has 0 N–H and O–H groups in total. The molecule has 1 aromatic heterocycles. The standard InChI is InChI=1S/C22H25N2/c1-5-14-24(15-6-2)22-13-9-8-12-21(22)20(4)19(3)18-23-16-10-7-11-17-23/h5-13,16-17H,1-4,14-15,18H2/q+1. The molecule has 0 saturated heterocycles. The summed E-state index contributed by atoms with van der Waals surface area (Å²) in [7, 11) is 0. The highest BCUT2D eigenvalue weighted by atomic mass is 15.1. The van der Waals surface area contributed by atoms with Gasteiger partial charge in [-0.3, -0.25) is 0 Å². The Morgan fingerprint density at radius 2 is 1.54 bits per heavy atom. The van der Waals surface area contributed by atoms with Crippen LogP contribution in [0, 0.1) is 0 Å². The Labute approximate surface area is 145 Å². The maximum absolute atomic E-state index is 4.29. The van der Waals surface area contributed by atoms with Crippen molar-refractivity contribution in [2.24, 2.45) is 0 Å². The van der Waals surface area contributed by atoms with Crippen LogP contribution in [0.1, 0.15) is 5.56 Å². The Bertz CT molecular complexity index is 719. The number of pyridine rings is 1. The summed E-state index contributed by atoms with van der Waals surface area (Å²) in [4.78, 5) is 2.23. The number of rotatable bonds is 9. The van der Waals surface area contributed by atoms with Crippen LogP contribution in [0.15, 0.2) is 98.9 Å². The molecular weight excluding hydrogens is 292 g/mol. The average Bonchev–Trinajstić information content (AvgIpc) is 2.62. The van der Waals surface area contributed by atoms with E-state index in [-0.39, 0.29) is 0 Å². The Morgan fingerprint density at radius 1 is 0.917 bits per heavy atom. The molecule has 0 radical (unpaired) electrons. The quantitative estimate of drug-likeness (QED) is 0.377. The lowest BCUT2D eigenvalue weighted by molar-refractivity contribution is -0.688. The number of hydrogen-bond donors (Lipinski definition) is 0. The molecular formula is C22H25N2+. The van der Waals surface area contributed by atoms with E-state index in [4.69, 9.17) is 0 Å². The predicted molar refractivity (Wildman–Crippen MR) is 104 cm³/mol. The Balaban J connectivity index is 2.27. The van der Waals surface area contributed by atoms with Gasteiger partial charge in [0.1, 0.15) is 0 Å². The molecule has 0 fully saturated rings. The molecule has 122 valence electrons. The molecule has 0 aliphatic carbocycles. The summed E-state index contributed by atoms with van der Waals surface area (Å²) in [6.07, 6.45) is 7.87. The van der Waals surface area contributed by atoms with Gasteiger partial charge in [0.05, 0.1) is 0 Å². The van der Waals surface area contributed by atoms with Crippen molar-refractivity contribution in [2.45, 2.75) is 6.54 Å². The van der Waals surface area contributed by atoms with Crippen LogP contribution in [-0.4, -0.2) is 13.1 Å². The van der Waals surface area contributed by atoms with Crippen molar-refractivity contribution in [2.75, 3.05) is 18.0 Å². The largest absolute Gasteiger partial charge is 0.364 e. The summed E-state index contributed by atoms with van der Waals surface area (Å²) in [5.41, 5.74) is 4.18. The van der Waals surface area contributed by atoms with Crippen LogP contribution in [-0.2, 0) is 6.54 Å². The van der Waals surface area contributed by atoms with E-state index in [0.717, 1.165) is 42.0 Å². The zero-order valence-electron chi connectivity index (χ0n) is 14.2. The number of anilines is 1. The van der Waals surface area contributed by atoms with Gasteiger partial charge in [0.15, 0.2) is 18.9 Å². The Kier molecular flexibility index (Phi) is 6.32. The van der Waals surface area contributed by atoms with Gasteiger partial charge in [0.2, 0.25) is 0 Å². The van der Waals surface area contributed by atoms with Gasteiger partial charge < -0.3 is 4.90 Å². The van der Waals surface area contributed by atoms with Crippen molar-refractivity contribution in [3.8, 4) is 0 Å². The molecule has 24 heavy (non-hydrogen) atoms. The third-order valence-electron chi connectivity index (χ3n) is 3.85. The lowest BCUT2D eigenvalue weighted by Crippen LogP contribution is -2.33. The molecule has 0 amide bonds. The highest BCUT2D eigenvalue weighted by Gasteiger charge is 2.15. The van der Waals surface area contributed by atoms with Gasteiger partial charge in [0.25, 0.3) is 0 Å². The SMILES string of the molecule is C=CCN(CC=C)c1ccccc1C(=C)C(=C)C[n+]1ccccc1. The van der Waals surface area contributed by atoms with Gasteiger partial charge in [0, 0.05) is 42.0 Å². The van der Waals surface area contributed by atoms with E-state index >= 15 is 0 Å². The zero-order chi connectivity index (χ0) is 17.4. The lowest BCUT2D eigenvalue weighted by atomic mass is 9.98. The van der Waals surface area contributed by atoms with E-state index in [1.54, 1.807) is 0 Å². The van der Waals surface area contributed by atoms with Crippen LogP contribution in [0.4, 0.5) is 5.69 Å². The first-order chi connectivity index (χ1) is 11.7. The van der Waals surface area contributed by atoms with E-state index in [1.807, 2.05) is 54.9 Å². The van der Waals surface area contributed by atoms with Crippen molar-refractivity contribution >= 4 is 11.3 Å². The molecule has 2 rings (SSSR count). The van der Waals surface area contributed by atoms with Crippen LogP contribution in [0.25, 0.3) is 5.57 Å². The summed E-state index contributed by atoms with van der Waals surface area (Å²) in [6, 6.07) is 14.3. The number of benzene rings is 1. The van der Waals surface area contributed by atoms with Gasteiger partial charge >= 0.3 is 0 Å². The Morgan fingerprint density at radius 3 is 2.17 bits per heavy atom. The first-order valence-electron chi connectivity index (χ1n) is 8.04. The van der Waals surface area contributed by atoms with Crippen molar-refractivity contribution < 1.29 is 4.57 Å². The topological polar surface area (TPSA) is 7.12 Å². The van der Waals surface area contributed by atoms with E-state index in [0.29, 0.717) is 0 Å². The normalized spacial score (nSPS) is 10.0. The molecule has 0 aliphatic rings. The lowest BCUT2D eigenvalue weighted by Gasteiger charge is -2.25. The highest BCUT2D eigenvalue weighted by Crippen LogP contribution is 2.30. The van der Waals surface area contributed by atoms with Crippen molar-refractivity contribution in [1.29, 1.82) is 0 Å². The summed E-state index contributed by atoms with van der Waals surface area (Å²) < 4.78 is 2.10. The van der Waals surface area contributed by atoms with Gasteiger partial charge in [-0.2, -0.15) is 0 Å². The summed E-state index contributed by atoms with van der Waals surface area (Å²) in [6.45, 7) is 18.5. The molecule has 2 nitrogen and oxygen atoms in total. The molecule has 0 aliphatic heterocycles. The minimum Gasteiger partial charge on any atom is -0.364 e. The zero-order valence-corrected chi connectivity index (χ0v) is 14.2. The first-order valence-corrected chi connectivity index (χ1v) is 8.04. The summed E-state index contributed by atoms with van der Waals surface area (Å²) in [5, 5.41) is 0. The monoisotopic (exact) mass is 317 g/mol. The van der Waals surface area contributed by atoms with Crippen LogP contribution in [0.3, 0.4) is 0 Å². The van der Waals surface area contributed by atoms with E-state index in [9.17, 15) is 0 Å². The van der Waals surface area contributed by atoms with Crippen molar-refractivity contribution in [1.82, 2.24) is 0 Å². The number of nitrogens with zero attached hydrogens (tertiary/aromatic N) is 2. The van der Waals surface area contributed by atoms with Gasteiger partial charge in [-0.15, -0.1) is 13.2 Å². The minimum atomic E-state index is 0.719. The molecule has 0 saturated carbocycles. The second-order valence-electron chi connectivity index (χ2n) is 5.63. The third-order valence-corrected chi connectivity index (χ3v) is 3.85. The number of para-hydroxylation sites is 1. The van der Waals surface area contributed by atoms with Crippen LogP contribution in [0.2, 0.25) is 0 Å². The molecule has 2 aromatic rings. The van der Waals surface area contributed by atoms with Crippen LogP contribution < -0.4 is 9.47 Å². The first kappa shape index (κ1) is 17.5. The maximum Gasteiger partial charge on any atom is 0.173 e. The molecule has 1 aromatic carbocycles. The van der Waals surface area contributed by atoms with E-state index in [1.165, 1.54) is 0 Å². The van der Waals surface area contributed by atoms with Crippen LogP contribution in [0.5, 0.6) is 0 Å². The summed E-state index contributed by atoms with van der Waals surface area (Å²) >= 11 is 0. The fourth-order valence-electron chi connectivity index (χ4n) is 2.63. The van der Waals surface area contributed by atoms with Gasteiger partial charge in [-0.25, -0.2) is 4.57 Å². The smallest absolute Gasteiger partial charge is 0.173 e. The van der Waals surface area contributed by atoms with Gasteiger partial charge in [-0.1, -0.05) is 49.6 Å². The second-order valence-corrected chi connectivity index (χ2v) is 5.63. The predicted octanol–water partition coefficient (Wildman–Crippen LogP) is 4.42. The third kappa shape index (κ3) is 4.32. The Hall–Kier alpha value is -2.87. The fraction of sp³-hybridized carbons (Fsp3) is 0.136. The highest BCUT2D eigenvalue weighted by molar-refractivity contribution is 5.84. The molecule has 2 heteroatoms. The van der Waals surface area contributed by atoms with Crippen molar-refractivity contribution in [3.63, 3.8) is 0 Å². The van der Waals surface area contributed by atoms with Crippen molar-refractivity contribution in [3.05, 3.63) is 104 Å². The second kappa shape index (κ2) is 8.68. The maximum atomic E-state index is 4.29. The molecule has 1 heterocycles. The summed E-state index contributed by atoms with van der Waals surface area (Å²) in [5.74, 6) is 0. The molecule has 0 atom stereocenters. The number of hydrogen-bond acceptors (Lipinski definition) is 1. The number of allylic oxidation sites excluding steroid dienone is 2. The average molecular weight is 317 g/mol. The van der Waals surface area contributed by atoms with Gasteiger partial charge in [-0.05, 0) is 11.6 Å². The van der Waals surface area contributed by atoms with E-state index < -0.39 is 0 Å². The number of aromatic nitrogens is 1. The van der Waals surface area contributed by atoms with Crippen LogP contribution >= 0.6 is 0 Å². The molecule has 0 unspecified atom stereocenters. The molecule has 0 spiro atoms.